The maximum absolute atomic E-state index is 10.3. The van der Waals surface area contributed by atoms with Crippen molar-refractivity contribution < 1.29 is 4.79 Å². The molecule has 1 aromatic carbocycles. The third-order valence-corrected chi connectivity index (χ3v) is 1.35. The Labute approximate surface area is 75.0 Å². The van der Waals surface area contributed by atoms with Gasteiger partial charge in [-0.05, 0) is 24.3 Å². The monoisotopic (exact) mass is 176 g/mol. The Bertz CT molecular complexity index is 317. The van der Waals surface area contributed by atoms with Crippen molar-refractivity contribution in [3.63, 3.8) is 0 Å². The predicted molar refractivity (Wildman–Crippen MR) is 46.4 cm³/mol. The highest BCUT2D eigenvalue weighted by atomic mass is 16.1. The summed E-state index contributed by atoms with van der Waals surface area (Å²) in [7, 11) is 0. The van der Waals surface area contributed by atoms with Gasteiger partial charge in [0.05, 0.1) is 5.69 Å². The van der Waals surface area contributed by atoms with Gasteiger partial charge in [0.1, 0.15) is 6.29 Å². The minimum absolute atomic E-state index is 0.0371. The second-order valence-corrected chi connectivity index (χ2v) is 2.25. The lowest BCUT2D eigenvalue weighted by atomic mass is 10.2. The fourth-order valence-electron chi connectivity index (χ4n) is 0.764. The summed E-state index contributed by atoms with van der Waals surface area (Å²) in [5, 5.41) is 10.4. The second-order valence-electron chi connectivity index (χ2n) is 2.25. The predicted octanol–water partition coefficient (Wildman–Crippen LogP) is 2.57. The van der Waals surface area contributed by atoms with E-state index in [1.54, 1.807) is 24.3 Å². The van der Waals surface area contributed by atoms with Crippen LogP contribution in [0.4, 0.5) is 5.69 Å². The van der Waals surface area contributed by atoms with Crippen LogP contribution in [0.15, 0.2) is 39.6 Å². The van der Waals surface area contributed by atoms with Gasteiger partial charge in [0, 0.05) is 5.56 Å². The summed E-state index contributed by atoms with van der Waals surface area (Å²) in [4.78, 5) is 10.3. The number of rotatable bonds is 4. The molecule has 0 atom stereocenters. The Hall–Kier alpha value is -1.91. The van der Waals surface area contributed by atoms with Crippen LogP contribution in [0.2, 0.25) is 0 Å². The van der Waals surface area contributed by atoms with Crippen LogP contribution < -0.4 is 0 Å². The molecule has 0 bridgehead atoms. The Morgan fingerprint density at radius 3 is 2.54 bits per heavy atom. The van der Waals surface area contributed by atoms with E-state index in [9.17, 15) is 4.79 Å². The number of aldehydes is 1. The number of carbonyl (C=O) groups is 1. The van der Waals surface area contributed by atoms with Gasteiger partial charge in [0.25, 0.3) is 0 Å². The molecule has 0 fully saturated rings. The average molecular weight is 176 g/mol. The van der Waals surface area contributed by atoms with Gasteiger partial charge in [0.15, 0.2) is 6.67 Å². The van der Waals surface area contributed by atoms with E-state index in [0.29, 0.717) is 11.3 Å². The number of nitrogens with zero attached hydrogens (tertiary/aromatic N) is 3. The number of azo groups is 1. The van der Waals surface area contributed by atoms with Crippen LogP contribution in [0.25, 0.3) is 0 Å². The third kappa shape index (κ3) is 2.90. The molecule has 13 heavy (non-hydrogen) atoms. The highest BCUT2D eigenvalue weighted by molar-refractivity contribution is 5.75. The van der Waals surface area contributed by atoms with Crippen molar-refractivity contribution in [3.8, 4) is 0 Å². The molecule has 0 saturated carbocycles. The molecule has 0 radical (unpaired) electrons. The van der Waals surface area contributed by atoms with Crippen molar-refractivity contribution >= 4 is 12.0 Å². The molecule has 0 unspecified atom stereocenters. The molecule has 0 heterocycles. The maximum Gasteiger partial charge on any atom is 0.171 e. The van der Waals surface area contributed by atoms with Crippen LogP contribution in [0.5, 0.6) is 0 Å². The Kier molecular flexibility index (Phi) is 3.44. The highest BCUT2D eigenvalue weighted by Crippen LogP contribution is 2.12. The van der Waals surface area contributed by atoms with Crippen molar-refractivity contribution in [1.29, 1.82) is 5.53 Å². The Balaban J connectivity index is 2.68. The average Bonchev–Trinajstić information content (AvgIpc) is 2.19. The molecule has 66 valence electrons. The SMILES string of the molecule is N=NCN=Nc1ccc(C=O)cc1. The van der Waals surface area contributed by atoms with E-state index < -0.39 is 0 Å². The molecule has 5 heteroatoms. The summed E-state index contributed by atoms with van der Waals surface area (Å²) in [5.41, 5.74) is 7.71. The summed E-state index contributed by atoms with van der Waals surface area (Å²) in [6, 6.07) is 6.66. The number of benzene rings is 1. The molecule has 1 aromatic rings. The summed E-state index contributed by atoms with van der Waals surface area (Å²) in [6.45, 7) is 0.0371. The molecular formula is C8H8N4O. The van der Waals surface area contributed by atoms with Crippen LogP contribution in [0.3, 0.4) is 0 Å². The van der Waals surface area contributed by atoms with E-state index in [1.807, 2.05) is 0 Å². The van der Waals surface area contributed by atoms with Gasteiger partial charge in [-0.2, -0.15) is 15.3 Å². The maximum atomic E-state index is 10.3. The third-order valence-electron chi connectivity index (χ3n) is 1.35. The Morgan fingerprint density at radius 1 is 1.31 bits per heavy atom. The van der Waals surface area contributed by atoms with Crippen molar-refractivity contribution in [2.24, 2.45) is 15.3 Å². The van der Waals surface area contributed by atoms with Gasteiger partial charge in [-0.25, -0.2) is 5.53 Å². The number of hydrogen-bond acceptors (Lipinski definition) is 5. The van der Waals surface area contributed by atoms with E-state index in [-0.39, 0.29) is 6.67 Å². The van der Waals surface area contributed by atoms with Crippen molar-refractivity contribution in [1.82, 2.24) is 0 Å². The molecule has 0 saturated heterocycles. The van der Waals surface area contributed by atoms with Gasteiger partial charge in [-0.15, -0.1) is 0 Å². The van der Waals surface area contributed by atoms with Crippen LogP contribution in [-0.4, -0.2) is 13.0 Å². The standard InChI is InChI=1S/C8H8N4O/c9-10-6-11-12-8-3-1-7(5-13)2-4-8/h1-5,9H,6H2. The molecular weight excluding hydrogens is 168 g/mol. The lowest BCUT2D eigenvalue weighted by Gasteiger charge is -1.91. The largest absolute Gasteiger partial charge is 0.298 e. The van der Waals surface area contributed by atoms with E-state index in [0.717, 1.165) is 6.29 Å². The highest BCUT2D eigenvalue weighted by Gasteiger charge is 1.89. The molecule has 1 rings (SSSR count). The molecule has 0 aliphatic heterocycles. The zero-order valence-electron chi connectivity index (χ0n) is 6.84. The van der Waals surface area contributed by atoms with Gasteiger partial charge in [-0.1, -0.05) is 0 Å². The van der Waals surface area contributed by atoms with Gasteiger partial charge >= 0.3 is 0 Å². The van der Waals surface area contributed by atoms with Gasteiger partial charge in [-0.3, -0.25) is 4.79 Å². The van der Waals surface area contributed by atoms with Crippen molar-refractivity contribution in [2.45, 2.75) is 0 Å². The van der Waals surface area contributed by atoms with Crippen molar-refractivity contribution in [2.75, 3.05) is 6.67 Å². The van der Waals surface area contributed by atoms with E-state index in [1.165, 1.54) is 0 Å². The topological polar surface area (TPSA) is 78.0 Å². The first-order chi connectivity index (χ1) is 6.36. The summed E-state index contributed by atoms with van der Waals surface area (Å²) in [5.74, 6) is 0. The van der Waals surface area contributed by atoms with Crippen LogP contribution in [0.1, 0.15) is 10.4 Å². The summed E-state index contributed by atoms with van der Waals surface area (Å²) < 4.78 is 0. The number of nitrogens with one attached hydrogen (secondary N) is 1. The molecule has 0 aromatic heterocycles. The fourth-order valence-corrected chi connectivity index (χ4v) is 0.764. The van der Waals surface area contributed by atoms with Crippen molar-refractivity contribution in [3.05, 3.63) is 29.8 Å². The lowest BCUT2D eigenvalue weighted by Crippen LogP contribution is -1.75. The Morgan fingerprint density at radius 2 is 2.00 bits per heavy atom. The minimum Gasteiger partial charge on any atom is -0.298 e. The molecule has 0 amide bonds. The van der Waals surface area contributed by atoms with E-state index in [4.69, 9.17) is 5.53 Å². The first-order valence-electron chi connectivity index (χ1n) is 3.63. The summed E-state index contributed by atoms with van der Waals surface area (Å²) in [6.07, 6.45) is 0.764. The summed E-state index contributed by atoms with van der Waals surface area (Å²) >= 11 is 0. The van der Waals surface area contributed by atoms with Gasteiger partial charge in [0.2, 0.25) is 0 Å². The van der Waals surface area contributed by atoms with Crippen LogP contribution in [0, 0.1) is 5.53 Å². The molecule has 0 aliphatic carbocycles. The quantitative estimate of drug-likeness (QED) is 0.555. The normalized spacial score (nSPS) is 10.2. The number of hydrogen-bond donors (Lipinski definition) is 1. The number of carbonyl (C=O) groups excluding carboxylic acids is 1. The minimum atomic E-state index is 0.0371. The van der Waals surface area contributed by atoms with E-state index in [2.05, 4.69) is 15.3 Å². The molecule has 0 aliphatic rings. The van der Waals surface area contributed by atoms with E-state index >= 15 is 0 Å². The zero-order chi connectivity index (χ0) is 9.52. The second kappa shape index (κ2) is 4.87. The van der Waals surface area contributed by atoms with Gasteiger partial charge < -0.3 is 0 Å². The van der Waals surface area contributed by atoms with Crippen LogP contribution >= 0.6 is 0 Å². The molecule has 1 N–H and O–H groups in total. The fraction of sp³-hybridized carbons (Fsp3) is 0.125. The first-order valence-corrected chi connectivity index (χ1v) is 3.63. The molecule has 5 nitrogen and oxygen atoms in total. The first kappa shape index (κ1) is 9.18. The van der Waals surface area contributed by atoms with Crippen LogP contribution in [-0.2, 0) is 0 Å². The molecule has 0 spiro atoms. The zero-order valence-corrected chi connectivity index (χ0v) is 6.84. The smallest absolute Gasteiger partial charge is 0.171 e. The lowest BCUT2D eigenvalue weighted by molar-refractivity contribution is 0.112.